The summed E-state index contributed by atoms with van der Waals surface area (Å²) in [7, 11) is 0. The molecule has 3 aromatic rings. The molecule has 0 unspecified atom stereocenters. The zero-order valence-corrected chi connectivity index (χ0v) is 15.7. The number of aromatic nitrogens is 2. The number of fused-ring (bicyclic) bond motifs is 1. The maximum Gasteiger partial charge on any atom is 0.251 e. The molecule has 4 nitrogen and oxygen atoms in total. The molecule has 4 rings (SSSR count). The number of nitrogens with one attached hydrogen (secondary N) is 1. The van der Waals surface area contributed by atoms with Crippen molar-refractivity contribution in [3.05, 3.63) is 58.9 Å². The van der Waals surface area contributed by atoms with Crippen LogP contribution in [-0.4, -0.2) is 21.5 Å². The Morgan fingerprint density at radius 2 is 1.73 bits per heavy atom. The van der Waals surface area contributed by atoms with Gasteiger partial charge in [-0.2, -0.15) is 0 Å². The number of hydrogen-bond donors (Lipinski definition) is 1. The highest BCUT2D eigenvalue weighted by molar-refractivity contribution is 5.97. The van der Waals surface area contributed by atoms with E-state index < -0.39 is 0 Å². The molecule has 4 heteroatoms. The van der Waals surface area contributed by atoms with E-state index >= 15 is 0 Å². The molecular formula is C22H25N3O. The Bertz CT molecular complexity index is 960. The number of nitrogens with zero attached hydrogens (tertiary/aromatic N) is 2. The number of amides is 1. The average Bonchev–Trinajstić information content (AvgIpc) is 3.19. The Morgan fingerprint density at radius 3 is 2.42 bits per heavy atom. The van der Waals surface area contributed by atoms with E-state index in [1.54, 1.807) is 0 Å². The Balaban J connectivity index is 1.71. The summed E-state index contributed by atoms with van der Waals surface area (Å²) in [5, 5.41) is 3.15. The summed E-state index contributed by atoms with van der Waals surface area (Å²) in [6, 6.07) is 12.7. The number of aryl methyl sites for hydroxylation is 3. The molecule has 1 amide bonds. The molecule has 0 saturated heterocycles. The van der Waals surface area contributed by atoms with Crippen molar-refractivity contribution in [2.45, 2.75) is 52.5 Å². The lowest BCUT2D eigenvalue weighted by molar-refractivity contribution is 0.0938. The number of carbonyl (C=O) groups is 1. The van der Waals surface area contributed by atoms with Gasteiger partial charge in [0.25, 0.3) is 5.91 Å². The first-order valence-electron chi connectivity index (χ1n) is 9.40. The molecule has 1 heterocycles. The van der Waals surface area contributed by atoms with Gasteiger partial charge in [0.15, 0.2) is 0 Å². The summed E-state index contributed by atoms with van der Waals surface area (Å²) in [6.07, 6.45) is 4.61. The van der Waals surface area contributed by atoms with Crippen LogP contribution in [0.2, 0.25) is 0 Å². The van der Waals surface area contributed by atoms with E-state index in [4.69, 9.17) is 4.98 Å². The van der Waals surface area contributed by atoms with Gasteiger partial charge in [-0.3, -0.25) is 9.36 Å². The van der Waals surface area contributed by atoms with E-state index in [-0.39, 0.29) is 5.91 Å². The topological polar surface area (TPSA) is 46.9 Å². The van der Waals surface area contributed by atoms with Crippen LogP contribution in [0.25, 0.3) is 16.7 Å². The smallest absolute Gasteiger partial charge is 0.251 e. The van der Waals surface area contributed by atoms with Crippen LogP contribution >= 0.6 is 0 Å². The minimum atomic E-state index is 0.0115. The van der Waals surface area contributed by atoms with E-state index in [0.717, 1.165) is 35.4 Å². The summed E-state index contributed by atoms with van der Waals surface area (Å²) in [5.74, 6) is 0.941. The monoisotopic (exact) mass is 347 g/mol. The highest BCUT2D eigenvalue weighted by Gasteiger charge is 2.19. The van der Waals surface area contributed by atoms with Crippen LogP contribution in [0, 0.1) is 20.8 Å². The first kappa shape index (κ1) is 16.8. The van der Waals surface area contributed by atoms with Crippen molar-refractivity contribution in [3.8, 4) is 5.69 Å². The van der Waals surface area contributed by atoms with E-state index in [1.165, 1.54) is 24.0 Å². The minimum absolute atomic E-state index is 0.0115. The molecule has 0 aliphatic heterocycles. The summed E-state index contributed by atoms with van der Waals surface area (Å²) in [6.45, 7) is 6.22. The van der Waals surface area contributed by atoms with E-state index in [0.29, 0.717) is 11.6 Å². The van der Waals surface area contributed by atoms with Gasteiger partial charge in [-0.1, -0.05) is 18.9 Å². The SMILES string of the molecule is Cc1cc(C)cc(-n2c(C)nc3cc(C(=O)NC4CCCC4)ccc32)c1. The van der Waals surface area contributed by atoms with Gasteiger partial charge in [-0.15, -0.1) is 0 Å². The summed E-state index contributed by atoms with van der Waals surface area (Å²) >= 11 is 0. The van der Waals surface area contributed by atoms with Gasteiger partial charge in [0.2, 0.25) is 0 Å². The molecule has 134 valence electrons. The van der Waals surface area contributed by atoms with Crippen LogP contribution in [0.15, 0.2) is 36.4 Å². The number of benzene rings is 2. The van der Waals surface area contributed by atoms with Gasteiger partial charge in [-0.05, 0) is 75.1 Å². The second kappa shape index (κ2) is 6.60. The van der Waals surface area contributed by atoms with Crippen LogP contribution in [0.5, 0.6) is 0 Å². The fourth-order valence-corrected chi connectivity index (χ4v) is 4.09. The minimum Gasteiger partial charge on any atom is -0.349 e. The highest BCUT2D eigenvalue weighted by atomic mass is 16.1. The third-order valence-corrected chi connectivity index (χ3v) is 5.24. The van der Waals surface area contributed by atoms with Crippen LogP contribution < -0.4 is 5.32 Å². The molecule has 0 atom stereocenters. The zero-order valence-electron chi connectivity index (χ0n) is 15.7. The highest BCUT2D eigenvalue weighted by Crippen LogP contribution is 2.24. The largest absolute Gasteiger partial charge is 0.349 e. The molecule has 1 saturated carbocycles. The summed E-state index contributed by atoms with van der Waals surface area (Å²) < 4.78 is 2.16. The molecule has 2 aromatic carbocycles. The van der Waals surface area contributed by atoms with Gasteiger partial charge in [0, 0.05) is 17.3 Å². The molecule has 1 aliphatic carbocycles. The fraction of sp³-hybridized carbons (Fsp3) is 0.364. The lowest BCUT2D eigenvalue weighted by atomic mass is 10.1. The zero-order chi connectivity index (χ0) is 18.3. The lowest BCUT2D eigenvalue weighted by Crippen LogP contribution is -2.32. The number of hydrogen-bond acceptors (Lipinski definition) is 2. The standard InChI is InChI=1S/C22H25N3O/c1-14-10-15(2)12-19(11-14)25-16(3)23-20-13-17(8-9-21(20)25)22(26)24-18-6-4-5-7-18/h8-13,18H,4-7H2,1-3H3,(H,24,26). The van der Waals surface area contributed by atoms with Crippen LogP contribution in [0.3, 0.4) is 0 Å². The molecule has 0 spiro atoms. The second-order valence-electron chi connectivity index (χ2n) is 7.50. The molecule has 26 heavy (non-hydrogen) atoms. The molecule has 1 fully saturated rings. The van der Waals surface area contributed by atoms with Crippen molar-refractivity contribution < 1.29 is 4.79 Å². The molecule has 1 N–H and O–H groups in total. The Hall–Kier alpha value is -2.62. The Labute approximate surface area is 154 Å². The predicted octanol–water partition coefficient (Wildman–Crippen LogP) is 4.62. The van der Waals surface area contributed by atoms with E-state index in [1.807, 2.05) is 25.1 Å². The van der Waals surface area contributed by atoms with Gasteiger partial charge < -0.3 is 5.32 Å². The van der Waals surface area contributed by atoms with Crippen molar-refractivity contribution in [1.29, 1.82) is 0 Å². The van der Waals surface area contributed by atoms with E-state index in [2.05, 4.69) is 41.9 Å². The quantitative estimate of drug-likeness (QED) is 0.751. The van der Waals surface area contributed by atoms with Gasteiger partial charge >= 0.3 is 0 Å². The third-order valence-electron chi connectivity index (χ3n) is 5.24. The van der Waals surface area contributed by atoms with Crippen molar-refractivity contribution in [2.24, 2.45) is 0 Å². The third kappa shape index (κ3) is 3.12. The molecular weight excluding hydrogens is 322 g/mol. The number of imidazole rings is 1. The fourth-order valence-electron chi connectivity index (χ4n) is 4.09. The first-order chi connectivity index (χ1) is 12.5. The van der Waals surface area contributed by atoms with E-state index in [9.17, 15) is 4.79 Å². The maximum atomic E-state index is 12.5. The van der Waals surface area contributed by atoms with Crippen LogP contribution in [0.4, 0.5) is 0 Å². The van der Waals surface area contributed by atoms with Crippen molar-refractivity contribution in [1.82, 2.24) is 14.9 Å². The Morgan fingerprint density at radius 1 is 1.04 bits per heavy atom. The second-order valence-corrected chi connectivity index (χ2v) is 7.50. The summed E-state index contributed by atoms with van der Waals surface area (Å²) in [4.78, 5) is 17.3. The van der Waals surface area contributed by atoms with Crippen molar-refractivity contribution in [2.75, 3.05) is 0 Å². The normalized spacial score (nSPS) is 14.9. The maximum absolute atomic E-state index is 12.5. The van der Waals surface area contributed by atoms with Crippen LogP contribution in [0.1, 0.15) is 53.0 Å². The van der Waals surface area contributed by atoms with Crippen molar-refractivity contribution >= 4 is 16.9 Å². The van der Waals surface area contributed by atoms with Crippen molar-refractivity contribution in [3.63, 3.8) is 0 Å². The molecule has 1 aromatic heterocycles. The summed E-state index contributed by atoms with van der Waals surface area (Å²) in [5.41, 5.74) is 6.16. The van der Waals surface area contributed by atoms with Gasteiger partial charge in [0.05, 0.1) is 11.0 Å². The predicted molar refractivity (Wildman–Crippen MR) is 105 cm³/mol. The molecule has 0 bridgehead atoms. The number of rotatable bonds is 3. The molecule has 0 radical (unpaired) electrons. The Kier molecular flexibility index (Phi) is 4.27. The first-order valence-corrected chi connectivity index (χ1v) is 9.40. The average molecular weight is 347 g/mol. The number of carbonyl (C=O) groups excluding carboxylic acids is 1. The molecule has 1 aliphatic rings. The lowest BCUT2D eigenvalue weighted by Gasteiger charge is -2.12. The van der Waals surface area contributed by atoms with Gasteiger partial charge in [-0.25, -0.2) is 4.98 Å². The van der Waals surface area contributed by atoms with Gasteiger partial charge in [0.1, 0.15) is 5.82 Å². The van der Waals surface area contributed by atoms with Crippen LogP contribution in [-0.2, 0) is 0 Å².